The van der Waals surface area contributed by atoms with Crippen LogP contribution in [0.2, 0.25) is 0 Å². The summed E-state index contributed by atoms with van der Waals surface area (Å²) >= 11 is 0. The van der Waals surface area contributed by atoms with Crippen molar-refractivity contribution < 1.29 is 4.39 Å². The summed E-state index contributed by atoms with van der Waals surface area (Å²) in [5.74, 6) is 0.595. The van der Waals surface area contributed by atoms with Gasteiger partial charge in [0.25, 0.3) is 0 Å². The van der Waals surface area contributed by atoms with Crippen LogP contribution in [0.4, 0.5) is 4.39 Å². The van der Waals surface area contributed by atoms with Crippen LogP contribution in [0.25, 0.3) is 0 Å². The molecule has 0 heterocycles. The summed E-state index contributed by atoms with van der Waals surface area (Å²) in [5, 5.41) is 3.67. The Morgan fingerprint density at radius 2 is 2.06 bits per heavy atom. The zero-order chi connectivity index (χ0) is 13.0. The molecule has 0 aromatic heterocycles. The van der Waals surface area contributed by atoms with E-state index in [-0.39, 0.29) is 5.82 Å². The highest BCUT2D eigenvalue weighted by Gasteiger charge is 2.26. The van der Waals surface area contributed by atoms with E-state index >= 15 is 0 Å². The van der Waals surface area contributed by atoms with E-state index in [9.17, 15) is 4.39 Å². The second kappa shape index (κ2) is 6.33. The highest BCUT2D eigenvalue weighted by Crippen LogP contribution is 2.36. The molecule has 1 aliphatic carbocycles. The van der Waals surface area contributed by atoms with Crippen LogP contribution in [-0.2, 0) is 0 Å². The van der Waals surface area contributed by atoms with Crippen LogP contribution in [0.5, 0.6) is 0 Å². The normalized spacial score (nSPS) is 18.2. The Morgan fingerprint density at radius 1 is 1.33 bits per heavy atom. The maximum absolute atomic E-state index is 13.2. The maximum atomic E-state index is 13.2. The van der Waals surface area contributed by atoms with Crippen molar-refractivity contribution in [2.24, 2.45) is 5.92 Å². The predicted octanol–water partition coefficient (Wildman–Crippen LogP) is 4.37. The predicted molar refractivity (Wildman–Crippen MR) is 74.1 cm³/mol. The van der Waals surface area contributed by atoms with Crippen molar-refractivity contribution in [2.75, 3.05) is 6.54 Å². The fraction of sp³-hybridized carbons (Fsp3) is 0.625. The lowest BCUT2D eigenvalue weighted by molar-refractivity contribution is 0.366. The van der Waals surface area contributed by atoms with Gasteiger partial charge in [0.05, 0.1) is 0 Å². The van der Waals surface area contributed by atoms with E-state index in [1.807, 2.05) is 13.0 Å². The summed E-state index contributed by atoms with van der Waals surface area (Å²) in [5.41, 5.74) is 2.37. The van der Waals surface area contributed by atoms with Crippen molar-refractivity contribution >= 4 is 0 Å². The van der Waals surface area contributed by atoms with Gasteiger partial charge in [-0.2, -0.15) is 0 Å². The van der Waals surface area contributed by atoms with Crippen molar-refractivity contribution in [1.29, 1.82) is 0 Å². The van der Waals surface area contributed by atoms with Crippen LogP contribution in [0.3, 0.4) is 0 Å². The van der Waals surface area contributed by atoms with Gasteiger partial charge >= 0.3 is 0 Å². The van der Waals surface area contributed by atoms with Gasteiger partial charge in [-0.25, -0.2) is 4.39 Å². The molecule has 0 saturated heterocycles. The van der Waals surface area contributed by atoms with E-state index in [0.717, 1.165) is 24.4 Å². The third-order valence-corrected chi connectivity index (χ3v) is 4.05. The van der Waals surface area contributed by atoms with Crippen molar-refractivity contribution in [1.82, 2.24) is 5.32 Å². The number of nitrogens with one attached hydrogen (secondary N) is 1. The van der Waals surface area contributed by atoms with Crippen molar-refractivity contribution in [2.45, 2.75) is 52.0 Å². The maximum Gasteiger partial charge on any atom is 0.123 e. The number of hydrogen-bond acceptors (Lipinski definition) is 1. The Labute approximate surface area is 110 Å². The van der Waals surface area contributed by atoms with Gasteiger partial charge < -0.3 is 5.32 Å². The quantitative estimate of drug-likeness (QED) is 0.817. The first-order valence-corrected chi connectivity index (χ1v) is 7.21. The summed E-state index contributed by atoms with van der Waals surface area (Å²) in [6.07, 6.45) is 6.43. The molecule has 1 N–H and O–H groups in total. The van der Waals surface area contributed by atoms with Crippen LogP contribution in [-0.4, -0.2) is 6.54 Å². The number of rotatable bonds is 5. The molecule has 18 heavy (non-hydrogen) atoms. The van der Waals surface area contributed by atoms with E-state index in [4.69, 9.17) is 0 Å². The molecular formula is C16H24FN. The summed E-state index contributed by atoms with van der Waals surface area (Å²) in [6, 6.07) is 5.63. The van der Waals surface area contributed by atoms with Crippen molar-refractivity contribution in [3.05, 3.63) is 35.1 Å². The standard InChI is InChI=1S/C16H24FN/c1-3-10-18-16(13-6-4-5-7-13)15-9-8-14(17)11-12(15)2/h8-9,11,13,16,18H,3-7,10H2,1-2H3. The molecule has 100 valence electrons. The topological polar surface area (TPSA) is 12.0 Å². The number of hydrogen-bond donors (Lipinski definition) is 1. The van der Waals surface area contributed by atoms with E-state index in [1.165, 1.54) is 31.2 Å². The molecule has 0 radical (unpaired) electrons. The fourth-order valence-electron chi connectivity index (χ4n) is 3.11. The summed E-state index contributed by atoms with van der Waals surface area (Å²) in [7, 11) is 0. The molecule has 1 atom stereocenters. The van der Waals surface area contributed by atoms with E-state index < -0.39 is 0 Å². The Balaban J connectivity index is 2.20. The molecule has 0 aliphatic heterocycles. The average molecular weight is 249 g/mol. The van der Waals surface area contributed by atoms with Crippen LogP contribution in [0.1, 0.15) is 56.2 Å². The molecule has 0 spiro atoms. The minimum absolute atomic E-state index is 0.128. The lowest BCUT2D eigenvalue weighted by atomic mass is 9.89. The van der Waals surface area contributed by atoms with E-state index in [0.29, 0.717) is 6.04 Å². The Bertz CT molecular complexity index is 383. The zero-order valence-electron chi connectivity index (χ0n) is 11.5. The summed E-state index contributed by atoms with van der Waals surface area (Å²) in [4.78, 5) is 0. The molecule has 1 unspecified atom stereocenters. The smallest absolute Gasteiger partial charge is 0.123 e. The number of aryl methyl sites for hydroxylation is 1. The third-order valence-electron chi connectivity index (χ3n) is 4.05. The number of benzene rings is 1. The van der Waals surface area contributed by atoms with Crippen LogP contribution in [0.15, 0.2) is 18.2 Å². The summed E-state index contributed by atoms with van der Waals surface area (Å²) < 4.78 is 13.2. The first-order valence-electron chi connectivity index (χ1n) is 7.21. The van der Waals surface area contributed by atoms with Gasteiger partial charge in [-0.3, -0.25) is 0 Å². The van der Waals surface area contributed by atoms with Crippen LogP contribution in [0, 0.1) is 18.7 Å². The lowest BCUT2D eigenvalue weighted by Gasteiger charge is -2.26. The Hall–Kier alpha value is -0.890. The SMILES string of the molecule is CCCNC(c1ccc(F)cc1C)C1CCCC1. The van der Waals surface area contributed by atoms with Gasteiger partial charge in [-0.15, -0.1) is 0 Å². The molecule has 2 heteroatoms. The molecule has 1 aliphatic rings. The van der Waals surface area contributed by atoms with Gasteiger partial charge in [0, 0.05) is 6.04 Å². The molecule has 0 amide bonds. The number of halogens is 1. The van der Waals surface area contributed by atoms with E-state index in [1.54, 1.807) is 12.1 Å². The third kappa shape index (κ3) is 3.11. The van der Waals surface area contributed by atoms with Gasteiger partial charge in [0.1, 0.15) is 5.82 Å². The summed E-state index contributed by atoms with van der Waals surface area (Å²) in [6.45, 7) is 5.25. The van der Waals surface area contributed by atoms with Crippen molar-refractivity contribution in [3.63, 3.8) is 0 Å². The zero-order valence-corrected chi connectivity index (χ0v) is 11.5. The van der Waals surface area contributed by atoms with E-state index in [2.05, 4.69) is 12.2 Å². The Morgan fingerprint density at radius 3 is 2.67 bits per heavy atom. The monoisotopic (exact) mass is 249 g/mol. The highest BCUT2D eigenvalue weighted by atomic mass is 19.1. The molecule has 1 aromatic carbocycles. The van der Waals surface area contributed by atoms with Crippen molar-refractivity contribution in [3.8, 4) is 0 Å². The highest BCUT2D eigenvalue weighted by molar-refractivity contribution is 5.30. The molecule has 1 nitrogen and oxygen atoms in total. The molecule has 1 fully saturated rings. The van der Waals surface area contributed by atoms with Gasteiger partial charge in [-0.05, 0) is 61.9 Å². The fourth-order valence-corrected chi connectivity index (χ4v) is 3.11. The van der Waals surface area contributed by atoms with Crippen LogP contribution >= 0.6 is 0 Å². The molecule has 1 saturated carbocycles. The lowest BCUT2D eigenvalue weighted by Crippen LogP contribution is -2.28. The molecule has 1 aromatic rings. The first-order chi connectivity index (χ1) is 8.72. The molecule has 0 bridgehead atoms. The minimum atomic E-state index is -0.128. The largest absolute Gasteiger partial charge is 0.310 e. The minimum Gasteiger partial charge on any atom is -0.310 e. The van der Waals surface area contributed by atoms with Gasteiger partial charge in [0.2, 0.25) is 0 Å². The molecular weight excluding hydrogens is 225 g/mol. The van der Waals surface area contributed by atoms with Gasteiger partial charge in [-0.1, -0.05) is 25.8 Å². The second-order valence-corrected chi connectivity index (χ2v) is 5.48. The van der Waals surface area contributed by atoms with Gasteiger partial charge in [0.15, 0.2) is 0 Å². The molecule has 2 rings (SSSR count). The van der Waals surface area contributed by atoms with Crippen LogP contribution < -0.4 is 5.32 Å². The Kier molecular flexibility index (Phi) is 4.76. The second-order valence-electron chi connectivity index (χ2n) is 5.48. The average Bonchev–Trinajstić information content (AvgIpc) is 2.85. The first kappa shape index (κ1) is 13.5.